The molecule has 0 fully saturated rings. The molecule has 1 N–H and O–H groups in total. The third-order valence-electron chi connectivity index (χ3n) is 3.77. The summed E-state index contributed by atoms with van der Waals surface area (Å²) in [6.07, 6.45) is 0.0220. The van der Waals surface area contributed by atoms with Crippen LogP contribution in [0.2, 0.25) is 0 Å². The molecule has 9 heteroatoms. The van der Waals surface area contributed by atoms with Gasteiger partial charge in [-0.3, -0.25) is 4.98 Å². The summed E-state index contributed by atoms with van der Waals surface area (Å²) in [6.45, 7) is 0.421. The fourth-order valence-corrected chi connectivity index (χ4v) is 3.41. The quantitative estimate of drug-likeness (QED) is 0.546. The van der Waals surface area contributed by atoms with Crippen molar-refractivity contribution in [3.8, 4) is 11.5 Å². The molecule has 0 saturated carbocycles. The van der Waals surface area contributed by atoms with Crippen molar-refractivity contribution >= 4 is 27.4 Å². The first-order chi connectivity index (χ1) is 13.0. The Kier molecular flexibility index (Phi) is 4.44. The third kappa shape index (κ3) is 3.72. The van der Waals surface area contributed by atoms with Crippen LogP contribution in [0, 0.1) is 0 Å². The first kappa shape index (κ1) is 17.3. The second-order valence-corrected chi connectivity index (χ2v) is 6.68. The Balaban J connectivity index is 1.79. The number of hydrogen-bond donors (Lipinski definition) is 1. The summed E-state index contributed by atoms with van der Waals surface area (Å²) < 4.78 is 39.5. The molecule has 0 radical (unpaired) electrons. The number of fused-ring (bicyclic) bond motifs is 1. The lowest BCUT2D eigenvalue weighted by Crippen LogP contribution is -2.04. The Morgan fingerprint density at radius 3 is 2.56 bits per heavy atom. The summed E-state index contributed by atoms with van der Waals surface area (Å²) in [4.78, 5) is 16.3. The number of hydrogen-bond acceptors (Lipinski definition) is 6. The molecule has 0 spiro atoms. The molecule has 136 valence electrons. The van der Waals surface area contributed by atoms with Crippen LogP contribution in [-0.2, 0) is 12.7 Å². The van der Waals surface area contributed by atoms with E-state index < -0.39 is 11.1 Å². The number of halogens is 3. The summed E-state index contributed by atoms with van der Waals surface area (Å²) in [6, 6.07) is 10.6. The van der Waals surface area contributed by atoms with Gasteiger partial charge in [0, 0.05) is 18.9 Å². The van der Waals surface area contributed by atoms with Gasteiger partial charge < -0.3 is 5.32 Å². The van der Waals surface area contributed by atoms with E-state index in [9.17, 15) is 13.2 Å². The van der Waals surface area contributed by atoms with Crippen LogP contribution in [0.25, 0.3) is 21.7 Å². The number of alkyl halides is 3. The Morgan fingerprint density at radius 2 is 1.85 bits per heavy atom. The van der Waals surface area contributed by atoms with Crippen molar-refractivity contribution in [1.82, 2.24) is 19.9 Å². The van der Waals surface area contributed by atoms with Crippen LogP contribution in [0.15, 0.2) is 55.0 Å². The van der Waals surface area contributed by atoms with E-state index in [4.69, 9.17) is 0 Å². The molecule has 0 aliphatic heterocycles. The van der Waals surface area contributed by atoms with Crippen molar-refractivity contribution in [3.05, 3.63) is 65.4 Å². The highest BCUT2D eigenvalue weighted by molar-refractivity contribution is 7.18. The van der Waals surface area contributed by atoms with Crippen LogP contribution in [0.1, 0.15) is 10.4 Å². The minimum Gasteiger partial charge on any atom is -0.365 e. The topological polar surface area (TPSA) is 63.6 Å². The van der Waals surface area contributed by atoms with Gasteiger partial charge in [0.1, 0.15) is 21.2 Å². The number of aromatic nitrogens is 4. The molecule has 4 rings (SSSR count). The molecule has 0 unspecified atom stereocenters. The smallest absolute Gasteiger partial charge is 0.365 e. The lowest BCUT2D eigenvalue weighted by Gasteiger charge is -2.08. The van der Waals surface area contributed by atoms with E-state index in [0.29, 0.717) is 34.8 Å². The fraction of sp³-hybridized carbons (Fsp3) is 0.111. The molecular weight excluding hydrogens is 375 g/mol. The molecule has 4 aromatic rings. The minimum atomic E-state index is -4.44. The van der Waals surface area contributed by atoms with Gasteiger partial charge in [-0.1, -0.05) is 30.3 Å². The molecule has 0 aliphatic rings. The SMILES string of the molecule is FC(F)(F)c1cc2c(NCc3ccccc3)nc(-c3cnccn3)nc2s1. The summed E-state index contributed by atoms with van der Waals surface area (Å²) in [5.41, 5.74) is 1.38. The van der Waals surface area contributed by atoms with Crippen molar-refractivity contribution in [3.63, 3.8) is 0 Å². The number of rotatable bonds is 4. The first-order valence-electron chi connectivity index (χ1n) is 7.93. The van der Waals surface area contributed by atoms with Gasteiger partial charge in [0.2, 0.25) is 0 Å². The summed E-state index contributed by atoms with van der Waals surface area (Å²) >= 11 is 0.585. The molecule has 0 aliphatic carbocycles. The molecule has 27 heavy (non-hydrogen) atoms. The standard InChI is InChI=1S/C18H12F3N5S/c19-18(20,21)14-8-12-15(24-9-11-4-2-1-3-5-11)25-16(26-17(12)27-14)13-10-22-6-7-23-13/h1-8,10H,9H2,(H,24,25,26). The highest BCUT2D eigenvalue weighted by Gasteiger charge is 2.33. The van der Waals surface area contributed by atoms with Crippen LogP contribution in [0.5, 0.6) is 0 Å². The van der Waals surface area contributed by atoms with E-state index in [1.807, 2.05) is 30.3 Å². The average Bonchev–Trinajstić information content (AvgIpc) is 3.12. The lowest BCUT2D eigenvalue weighted by atomic mass is 10.2. The zero-order valence-electron chi connectivity index (χ0n) is 13.7. The van der Waals surface area contributed by atoms with Crippen LogP contribution in [-0.4, -0.2) is 19.9 Å². The maximum Gasteiger partial charge on any atom is 0.425 e. The van der Waals surface area contributed by atoms with Crippen LogP contribution < -0.4 is 5.32 Å². The third-order valence-corrected chi connectivity index (χ3v) is 4.84. The van der Waals surface area contributed by atoms with Gasteiger partial charge in [-0.25, -0.2) is 15.0 Å². The van der Waals surface area contributed by atoms with Gasteiger partial charge in [-0.05, 0) is 11.6 Å². The monoisotopic (exact) mass is 387 g/mol. The maximum absolute atomic E-state index is 13.2. The van der Waals surface area contributed by atoms with Crippen molar-refractivity contribution < 1.29 is 13.2 Å². The van der Waals surface area contributed by atoms with E-state index in [1.54, 1.807) is 0 Å². The zero-order chi connectivity index (χ0) is 18.9. The number of nitrogens with zero attached hydrogens (tertiary/aromatic N) is 4. The van der Waals surface area contributed by atoms with E-state index in [-0.39, 0.29) is 10.7 Å². The molecule has 3 heterocycles. The Hall–Kier alpha value is -3.07. The van der Waals surface area contributed by atoms with Crippen molar-refractivity contribution in [2.45, 2.75) is 12.7 Å². The number of benzene rings is 1. The number of anilines is 1. The van der Waals surface area contributed by atoms with Crippen LogP contribution in [0.4, 0.5) is 19.0 Å². The van der Waals surface area contributed by atoms with Gasteiger partial charge in [0.05, 0.1) is 11.6 Å². The molecule has 0 bridgehead atoms. The predicted octanol–water partition coefficient (Wildman–Crippen LogP) is 4.78. The first-order valence-corrected chi connectivity index (χ1v) is 8.75. The van der Waals surface area contributed by atoms with Crippen LogP contribution >= 0.6 is 11.3 Å². The maximum atomic E-state index is 13.2. The highest BCUT2D eigenvalue weighted by atomic mass is 32.1. The van der Waals surface area contributed by atoms with E-state index in [0.717, 1.165) is 11.6 Å². The van der Waals surface area contributed by atoms with E-state index >= 15 is 0 Å². The van der Waals surface area contributed by atoms with Gasteiger partial charge in [-0.2, -0.15) is 13.2 Å². The summed E-state index contributed by atoms with van der Waals surface area (Å²) in [5.74, 6) is 0.554. The number of nitrogens with one attached hydrogen (secondary N) is 1. The van der Waals surface area contributed by atoms with Gasteiger partial charge in [0.15, 0.2) is 5.82 Å². The molecule has 3 aromatic heterocycles. The van der Waals surface area contributed by atoms with Crippen molar-refractivity contribution in [1.29, 1.82) is 0 Å². The second kappa shape index (κ2) is 6.92. The molecule has 0 saturated heterocycles. The van der Waals surface area contributed by atoms with Crippen molar-refractivity contribution in [2.75, 3.05) is 5.32 Å². The summed E-state index contributed by atoms with van der Waals surface area (Å²) in [5, 5.41) is 3.45. The largest absolute Gasteiger partial charge is 0.425 e. The van der Waals surface area contributed by atoms with E-state index in [2.05, 4.69) is 25.3 Å². The van der Waals surface area contributed by atoms with E-state index in [1.165, 1.54) is 18.6 Å². The van der Waals surface area contributed by atoms with Gasteiger partial charge in [0.25, 0.3) is 0 Å². The molecule has 5 nitrogen and oxygen atoms in total. The number of thiophene rings is 1. The van der Waals surface area contributed by atoms with Crippen LogP contribution in [0.3, 0.4) is 0 Å². The second-order valence-electron chi connectivity index (χ2n) is 5.65. The molecule has 1 aromatic carbocycles. The minimum absolute atomic E-state index is 0.224. The highest BCUT2D eigenvalue weighted by Crippen LogP contribution is 2.39. The normalized spacial score (nSPS) is 11.7. The summed E-state index contributed by atoms with van der Waals surface area (Å²) in [7, 11) is 0. The van der Waals surface area contributed by atoms with Crippen molar-refractivity contribution in [2.24, 2.45) is 0 Å². The Labute approximate surface area is 156 Å². The predicted molar refractivity (Wildman–Crippen MR) is 97.2 cm³/mol. The van der Waals surface area contributed by atoms with Gasteiger partial charge in [-0.15, -0.1) is 11.3 Å². The lowest BCUT2D eigenvalue weighted by molar-refractivity contribution is -0.134. The van der Waals surface area contributed by atoms with Gasteiger partial charge >= 0.3 is 6.18 Å². The fourth-order valence-electron chi connectivity index (χ4n) is 2.51. The Morgan fingerprint density at radius 1 is 1.04 bits per heavy atom. The average molecular weight is 387 g/mol. The zero-order valence-corrected chi connectivity index (χ0v) is 14.6. The molecule has 0 atom stereocenters. The molecular formula is C18H12F3N5S. The Bertz CT molecular complexity index is 1070. The molecule has 0 amide bonds.